The largest absolute Gasteiger partial charge is 0.379 e. The highest BCUT2D eigenvalue weighted by molar-refractivity contribution is 5.05. The number of piperidine rings is 1. The zero-order chi connectivity index (χ0) is 18.6. The number of ether oxygens (including phenoxy) is 1. The van der Waals surface area contributed by atoms with E-state index < -0.39 is 0 Å². The van der Waals surface area contributed by atoms with Crippen molar-refractivity contribution in [2.24, 2.45) is 7.05 Å². The van der Waals surface area contributed by atoms with Gasteiger partial charge in [-0.3, -0.25) is 19.8 Å². The Bertz CT molecular complexity index is 731. The second kappa shape index (κ2) is 8.41. The van der Waals surface area contributed by atoms with Crippen LogP contribution in [-0.4, -0.2) is 73.9 Å². The number of likely N-dealkylation sites (tertiary alicyclic amines) is 1. The highest BCUT2D eigenvalue weighted by Crippen LogP contribution is 2.27. The van der Waals surface area contributed by atoms with E-state index in [2.05, 4.69) is 41.6 Å². The van der Waals surface area contributed by atoms with Gasteiger partial charge >= 0.3 is 0 Å². The highest BCUT2D eigenvalue weighted by atomic mass is 16.5. The van der Waals surface area contributed by atoms with Crippen LogP contribution in [0.4, 0.5) is 0 Å². The molecule has 8 heteroatoms. The molecule has 0 amide bonds. The van der Waals surface area contributed by atoms with Gasteiger partial charge in [-0.05, 0) is 32.9 Å². The van der Waals surface area contributed by atoms with E-state index in [0.29, 0.717) is 5.92 Å². The zero-order valence-corrected chi connectivity index (χ0v) is 16.3. The summed E-state index contributed by atoms with van der Waals surface area (Å²) in [6.45, 7) is 9.40. The van der Waals surface area contributed by atoms with Crippen LogP contribution in [0.3, 0.4) is 0 Å². The first-order valence-corrected chi connectivity index (χ1v) is 9.87. The summed E-state index contributed by atoms with van der Waals surface area (Å²) in [5.74, 6) is 2.68. The Morgan fingerprint density at radius 2 is 1.70 bits per heavy atom. The minimum absolute atomic E-state index is 0.487. The van der Waals surface area contributed by atoms with Gasteiger partial charge in [-0.1, -0.05) is 0 Å². The number of morpholine rings is 1. The number of aryl methyl sites for hydroxylation is 1. The van der Waals surface area contributed by atoms with Crippen LogP contribution in [0.25, 0.3) is 0 Å². The van der Waals surface area contributed by atoms with Gasteiger partial charge in [-0.25, -0.2) is 0 Å². The smallest absolute Gasteiger partial charge is 0.146 e. The predicted molar refractivity (Wildman–Crippen MR) is 101 cm³/mol. The Morgan fingerprint density at radius 1 is 0.963 bits per heavy atom. The van der Waals surface area contributed by atoms with Gasteiger partial charge in [0.25, 0.3) is 0 Å². The Kier molecular flexibility index (Phi) is 5.75. The molecule has 27 heavy (non-hydrogen) atoms. The first-order chi connectivity index (χ1) is 13.2. The third kappa shape index (κ3) is 4.51. The quantitative estimate of drug-likeness (QED) is 0.780. The van der Waals surface area contributed by atoms with E-state index in [1.54, 1.807) is 0 Å². The van der Waals surface area contributed by atoms with Gasteiger partial charge in [0, 0.05) is 45.0 Å². The van der Waals surface area contributed by atoms with E-state index >= 15 is 0 Å². The molecular weight excluding hydrogens is 342 g/mol. The fraction of sp³-hybridized carbons (Fsp3) is 0.684. The number of rotatable bonds is 5. The molecule has 146 valence electrons. The van der Waals surface area contributed by atoms with Crippen molar-refractivity contribution in [3.05, 3.63) is 35.4 Å². The van der Waals surface area contributed by atoms with Crippen molar-refractivity contribution in [1.82, 2.24) is 34.5 Å². The molecule has 2 aromatic heterocycles. The lowest BCUT2D eigenvalue weighted by Gasteiger charge is -2.31. The van der Waals surface area contributed by atoms with Crippen LogP contribution in [-0.2, 0) is 24.9 Å². The number of aromatic nitrogens is 5. The Balaban J connectivity index is 1.32. The minimum atomic E-state index is 0.487. The second-order valence-corrected chi connectivity index (χ2v) is 7.62. The highest BCUT2D eigenvalue weighted by Gasteiger charge is 2.26. The summed E-state index contributed by atoms with van der Waals surface area (Å²) in [4.78, 5) is 13.7. The van der Waals surface area contributed by atoms with Gasteiger partial charge in [0.05, 0.1) is 31.1 Å². The molecule has 2 fully saturated rings. The zero-order valence-electron chi connectivity index (χ0n) is 16.3. The summed E-state index contributed by atoms with van der Waals surface area (Å²) in [7, 11) is 2.11. The summed E-state index contributed by atoms with van der Waals surface area (Å²) in [6.07, 6.45) is 5.96. The van der Waals surface area contributed by atoms with Crippen molar-refractivity contribution in [2.75, 3.05) is 39.4 Å². The Morgan fingerprint density at radius 3 is 2.41 bits per heavy atom. The fourth-order valence-electron chi connectivity index (χ4n) is 3.91. The van der Waals surface area contributed by atoms with Gasteiger partial charge in [0.2, 0.25) is 0 Å². The van der Waals surface area contributed by atoms with Crippen molar-refractivity contribution >= 4 is 0 Å². The van der Waals surface area contributed by atoms with Crippen molar-refractivity contribution in [2.45, 2.75) is 38.8 Å². The molecule has 2 aliphatic heterocycles. The normalized spacial score (nSPS) is 20.2. The summed E-state index contributed by atoms with van der Waals surface area (Å²) in [5, 5.41) is 9.02. The van der Waals surface area contributed by atoms with Crippen LogP contribution in [0.2, 0.25) is 0 Å². The molecule has 0 atom stereocenters. The van der Waals surface area contributed by atoms with Crippen molar-refractivity contribution in [1.29, 1.82) is 0 Å². The molecule has 0 unspecified atom stereocenters. The molecule has 2 aromatic rings. The van der Waals surface area contributed by atoms with E-state index in [0.717, 1.165) is 88.4 Å². The topological polar surface area (TPSA) is 72.2 Å². The number of hydrogen-bond donors (Lipinski definition) is 0. The van der Waals surface area contributed by atoms with Crippen LogP contribution in [0.15, 0.2) is 12.4 Å². The maximum absolute atomic E-state index is 5.43. The van der Waals surface area contributed by atoms with E-state index in [1.807, 2.05) is 19.3 Å². The number of hydrogen-bond acceptors (Lipinski definition) is 7. The van der Waals surface area contributed by atoms with Gasteiger partial charge in [0.15, 0.2) is 0 Å². The summed E-state index contributed by atoms with van der Waals surface area (Å²) < 4.78 is 7.64. The fourth-order valence-corrected chi connectivity index (χ4v) is 3.91. The molecule has 4 heterocycles. The Hall–Kier alpha value is -1.90. The first kappa shape index (κ1) is 18.5. The van der Waals surface area contributed by atoms with Gasteiger partial charge < -0.3 is 9.30 Å². The van der Waals surface area contributed by atoms with Crippen molar-refractivity contribution < 1.29 is 4.74 Å². The average Bonchev–Trinajstić information content (AvgIpc) is 3.05. The maximum atomic E-state index is 5.43. The molecule has 0 radical (unpaired) electrons. The Labute approximate surface area is 160 Å². The van der Waals surface area contributed by atoms with Crippen LogP contribution in [0, 0.1) is 6.92 Å². The second-order valence-electron chi connectivity index (χ2n) is 7.62. The molecule has 8 nitrogen and oxygen atoms in total. The standard InChI is InChI=1S/C19H29N7O/c1-15-11-21-17(12-20-15)13-25-5-3-16(4-6-25)19-23-22-18(24(19)2)14-26-7-9-27-10-8-26/h11-12,16H,3-10,13-14H2,1-2H3. The lowest BCUT2D eigenvalue weighted by molar-refractivity contribution is 0.0326. The maximum Gasteiger partial charge on any atom is 0.146 e. The molecule has 0 N–H and O–H groups in total. The molecule has 4 rings (SSSR count). The minimum Gasteiger partial charge on any atom is -0.379 e. The van der Waals surface area contributed by atoms with E-state index in [4.69, 9.17) is 4.74 Å². The molecule has 0 bridgehead atoms. The van der Waals surface area contributed by atoms with Crippen LogP contribution >= 0.6 is 0 Å². The summed E-state index contributed by atoms with van der Waals surface area (Å²) in [5.41, 5.74) is 2.01. The summed E-state index contributed by atoms with van der Waals surface area (Å²) in [6, 6.07) is 0. The van der Waals surface area contributed by atoms with Crippen molar-refractivity contribution in [3.8, 4) is 0 Å². The van der Waals surface area contributed by atoms with Gasteiger partial charge in [-0.15, -0.1) is 10.2 Å². The number of nitrogens with zero attached hydrogens (tertiary/aromatic N) is 7. The molecule has 0 spiro atoms. The molecule has 0 aromatic carbocycles. The third-order valence-electron chi connectivity index (χ3n) is 5.64. The molecule has 0 saturated carbocycles. The first-order valence-electron chi connectivity index (χ1n) is 9.87. The summed E-state index contributed by atoms with van der Waals surface area (Å²) >= 11 is 0. The average molecular weight is 371 g/mol. The van der Waals surface area contributed by atoms with Crippen molar-refractivity contribution in [3.63, 3.8) is 0 Å². The van der Waals surface area contributed by atoms with E-state index in [1.165, 1.54) is 0 Å². The predicted octanol–water partition coefficient (Wildman–Crippen LogP) is 1.13. The monoisotopic (exact) mass is 371 g/mol. The van der Waals surface area contributed by atoms with Crippen LogP contribution < -0.4 is 0 Å². The lowest BCUT2D eigenvalue weighted by atomic mass is 9.96. The molecule has 2 saturated heterocycles. The third-order valence-corrected chi connectivity index (χ3v) is 5.64. The van der Waals surface area contributed by atoms with E-state index in [9.17, 15) is 0 Å². The SMILES string of the molecule is Cc1cnc(CN2CCC(c3nnc(CN4CCOCC4)n3C)CC2)cn1. The molecule has 0 aliphatic carbocycles. The van der Waals surface area contributed by atoms with Gasteiger partial charge in [0.1, 0.15) is 11.6 Å². The molecular formula is C19H29N7O. The van der Waals surface area contributed by atoms with E-state index in [-0.39, 0.29) is 0 Å². The lowest BCUT2D eigenvalue weighted by Crippen LogP contribution is -2.36. The van der Waals surface area contributed by atoms with Crippen LogP contribution in [0.1, 0.15) is 41.8 Å². The van der Waals surface area contributed by atoms with Crippen LogP contribution in [0.5, 0.6) is 0 Å². The molecule has 2 aliphatic rings. The van der Waals surface area contributed by atoms with Gasteiger partial charge in [-0.2, -0.15) is 0 Å².